The van der Waals surface area contributed by atoms with Crippen molar-refractivity contribution in [2.45, 2.75) is 6.18 Å². The van der Waals surface area contributed by atoms with Crippen molar-refractivity contribution in [1.82, 2.24) is 4.98 Å². The van der Waals surface area contributed by atoms with Gasteiger partial charge in [0.1, 0.15) is 17.2 Å². The average molecular weight is 547 g/mol. The maximum Gasteiger partial charge on any atom is 0.416 e. The van der Waals surface area contributed by atoms with Gasteiger partial charge in [-0.1, -0.05) is 17.7 Å². The Balaban J connectivity index is 1.52. The normalized spacial score (nSPS) is 11.2. The molecule has 0 fully saturated rings. The molecule has 3 aromatic carbocycles. The topological polar surface area (TPSA) is 98.5 Å². The first-order chi connectivity index (χ1) is 17.5. The number of thiocarbonyl (C=S) groups is 1. The Morgan fingerprint density at radius 2 is 1.84 bits per heavy atom. The van der Waals surface area contributed by atoms with Crippen molar-refractivity contribution in [2.24, 2.45) is 5.73 Å². The molecule has 4 N–H and O–H groups in total. The maximum absolute atomic E-state index is 12.9. The van der Waals surface area contributed by atoms with E-state index in [0.717, 1.165) is 12.1 Å². The Hall–Kier alpha value is -4.09. The predicted molar refractivity (Wildman–Crippen MR) is 140 cm³/mol. The number of methoxy groups -OCH3 is 1. The number of halogens is 4. The van der Waals surface area contributed by atoms with Gasteiger partial charge in [-0.05, 0) is 54.7 Å². The molecule has 0 spiro atoms. The maximum atomic E-state index is 12.9. The number of nitrogens with two attached hydrogens (primary N) is 1. The van der Waals surface area contributed by atoms with Gasteiger partial charge in [0.2, 0.25) is 0 Å². The molecule has 0 atom stereocenters. The SMILES string of the molecule is COc1cc2nccc(Oc3ccc(NC(=S)Nc4cccc(C(F)(F)F)c4)c(Cl)c3)c2cc1C(N)=O. The molecule has 0 aliphatic rings. The van der Waals surface area contributed by atoms with E-state index in [0.29, 0.717) is 28.1 Å². The van der Waals surface area contributed by atoms with Gasteiger partial charge < -0.3 is 25.8 Å². The van der Waals surface area contributed by atoms with Crippen LogP contribution in [-0.2, 0) is 6.18 Å². The number of pyridine rings is 1. The molecule has 4 rings (SSSR count). The number of nitrogens with zero attached hydrogens (tertiary/aromatic N) is 1. The first-order valence-electron chi connectivity index (χ1n) is 10.5. The number of anilines is 2. The van der Waals surface area contributed by atoms with Crippen LogP contribution in [0, 0.1) is 0 Å². The summed E-state index contributed by atoms with van der Waals surface area (Å²) in [5.41, 5.74) is 5.93. The van der Waals surface area contributed by atoms with Gasteiger partial charge in [0.15, 0.2) is 5.11 Å². The van der Waals surface area contributed by atoms with E-state index < -0.39 is 17.6 Å². The van der Waals surface area contributed by atoms with Gasteiger partial charge in [0.05, 0.1) is 34.5 Å². The molecule has 0 bridgehead atoms. The predicted octanol–water partition coefficient (Wildman–Crippen LogP) is 6.62. The van der Waals surface area contributed by atoms with Crippen molar-refractivity contribution in [1.29, 1.82) is 0 Å². The lowest BCUT2D eigenvalue weighted by atomic mass is 10.1. The second-order valence-electron chi connectivity index (χ2n) is 7.64. The fourth-order valence-electron chi connectivity index (χ4n) is 3.44. The van der Waals surface area contributed by atoms with Crippen molar-refractivity contribution in [3.05, 3.63) is 83.0 Å². The molecule has 0 aliphatic heterocycles. The summed E-state index contributed by atoms with van der Waals surface area (Å²) in [6, 6.07) is 14.1. The lowest BCUT2D eigenvalue weighted by Gasteiger charge is -2.15. The van der Waals surface area contributed by atoms with E-state index in [1.54, 1.807) is 24.3 Å². The summed E-state index contributed by atoms with van der Waals surface area (Å²) in [6.45, 7) is 0. The van der Waals surface area contributed by atoms with Gasteiger partial charge in [-0.2, -0.15) is 13.2 Å². The molecule has 12 heteroatoms. The molecule has 7 nitrogen and oxygen atoms in total. The number of nitrogens with one attached hydrogen (secondary N) is 2. The van der Waals surface area contributed by atoms with Crippen LogP contribution in [0.3, 0.4) is 0 Å². The highest BCUT2D eigenvalue weighted by Crippen LogP contribution is 2.35. The number of hydrogen-bond donors (Lipinski definition) is 3. The molecular formula is C25H18ClF3N4O3S. The molecule has 0 radical (unpaired) electrons. The van der Waals surface area contributed by atoms with E-state index in [-0.39, 0.29) is 27.1 Å². The Morgan fingerprint density at radius 1 is 1.05 bits per heavy atom. The van der Waals surface area contributed by atoms with E-state index in [1.165, 1.54) is 37.6 Å². The number of hydrogen-bond acceptors (Lipinski definition) is 5. The second-order valence-corrected chi connectivity index (χ2v) is 8.46. The number of aromatic nitrogens is 1. The van der Waals surface area contributed by atoms with Gasteiger partial charge in [-0.25, -0.2) is 0 Å². The number of amides is 1. The fourth-order valence-corrected chi connectivity index (χ4v) is 3.89. The number of carbonyl (C=O) groups is 1. The molecule has 190 valence electrons. The third-order valence-corrected chi connectivity index (χ3v) is 5.67. The van der Waals surface area contributed by atoms with Crippen molar-refractivity contribution < 1.29 is 27.4 Å². The Bertz CT molecular complexity index is 1510. The first kappa shape index (κ1) is 26.0. The van der Waals surface area contributed by atoms with Gasteiger partial charge in [-0.15, -0.1) is 0 Å². The second kappa shape index (κ2) is 10.5. The van der Waals surface area contributed by atoms with Crippen LogP contribution in [0.2, 0.25) is 5.02 Å². The lowest BCUT2D eigenvalue weighted by Crippen LogP contribution is -2.19. The minimum absolute atomic E-state index is 0.0444. The van der Waals surface area contributed by atoms with Crippen molar-refractivity contribution in [2.75, 3.05) is 17.7 Å². The molecule has 37 heavy (non-hydrogen) atoms. The summed E-state index contributed by atoms with van der Waals surface area (Å²) in [6.07, 6.45) is -2.93. The Kier molecular flexibility index (Phi) is 7.37. The van der Waals surface area contributed by atoms with Crippen LogP contribution >= 0.6 is 23.8 Å². The molecule has 4 aromatic rings. The summed E-state index contributed by atoms with van der Waals surface area (Å²) >= 11 is 11.6. The molecule has 0 saturated carbocycles. The van der Waals surface area contributed by atoms with E-state index >= 15 is 0 Å². The van der Waals surface area contributed by atoms with Crippen LogP contribution in [0.25, 0.3) is 10.9 Å². The highest BCUT2D eigenvalue weighted by atomic mass is 35.5. The quantitative estimate of drug-likeness (QED) is 0.234. The molecule has 0 aliphatic carbocycles. The van der Waals surface area contributed by atoms with Crippen LogP contribution in [0.5, 0.6) is 17.2 Å². The minimum Gasteiger partial charge on any atom is -0.496 e. The highest BCUT2D eigenvalue weighted by molar-refractivity contribution is 7.80. The zero-order chi connectivity index (χ0) is 26.7. The molecular weight excluding hydrogens is 529 g/mol. The third-order valence-electron chi connectivity index (χ3n) is 5.15. The summed E-state index contributed by atoms with van der Waals surface area (Å²) < 4.78 is 50.0. The van der Waals surface area contributed by atoms with Crippen molar-refractivity contribution in [3.63, 3.8) is 0 Å². The number of ether oxygens (including phenoxy) is 2. The van der Waals surface area contributed by atoms with Crippen LogP contribution < -0.4 is 25.8 Å². The summed E-state index contributed by atoms with van der Waals surface area (Å²) in [5.74, 6) is 0.393. The minimum atomic E-state index is -4.47. The zero-order valence-corrected chi connectivity index (χ0v) is 20.6. The van der Waals surface area contributed by atoms with Crippen molar-refractivity contribution in [3.8, 4) is 17.2 Å². The molecule has 1 heterocycles. The van der Waals surface area contributed by atoms with E-state index in [4.69, 9.17) is 39.0 Å². The number of alkyl halides is 3. The number of rotatable bonds is 6. The molecule has 1 amide bonds. The van der Waals surface area contributed by atoms with Gasteiger partial charge in [0.25, 0.3) is 5.91 Å². The van der Waals surface area contributed by atoms with Gasteiger partial charge in [0, 0.05) is 29.4 Å². The largest absolute Gasteiger partial charge is 0.496 e. The number of carbonyl (C=O) groups excluding carboxylic acids is 1. The van der Waals surface area contributed by atoms with Gasteiger partial charge >= 0.3 is 6.18 Å². The fraction of sp³-hybridized carbons (Fsp3) is 0.0800. The monoisotopic (exact) mass is 546 g/mol. The van der Waals surface area contributed by atoms with Crippen LogP contribution in [0.4, 0.5) is 24.5 Å². The smallest absolute Gasteiger partial charge is 0.416 e. The zero-order valence-electron chi connectivity index (χ0n) is 19.0. The van der Waals surface area contributed by atoms with E-state index in [9.17, 15) is 18.0 Å². The van der Waals surface area contributed by atoms with Crippen LogP contribution in [0.1, 0.15) is 15.9 Å². The van der Waals surface area contributed by atoms with Gasteiger partial charge in [-0.3, -0.25) is 9.78 Å². The van der Waals surface area contributed by atoms with Crippen LogP contribution in [-0.4, -0.2) is 23.1 Å². The van der Waals surface area contributed by atoms with E-state index in [2.05, 4.69) is 15.6 Å². The van der Waals surface area contributed by atoms with Crippen LogP contribution in [0.15, 0.2) is 66.9 Å². The highest BCUT2D eigenvalue weighted by Gasteiger charge is 2.30. The summed E-state index contributed by atoms with van der Waals surface area (Å²) in [5, 5.41) is 6.36. The Labute approximate surface area is 219 Å². The third kappa shape index (κ3) is 6.01. The summed E-state index contributed by atoms with van der Waals surface area (Å²) in [7, 11) is 1.42. The molecule has 1 aromatic heterocycles. The Morgan fingerprint density at radius 3 is 2.51 bits per heavy atom. The standard InChI is InChI=1S/C25H18ClF3N4O3S/c1-35-22-12-20-16(11-17(22)23(30)34)21(7-8-31-20)36-15-5-6-19(18(26)10-15)33-24(37)32-14-4-2-3-13(9-14)25(27,28)29/h2-12H,1H3,(H2,30,34)(H2,32,33,37). The average Bonchev–Trinajstić information content (AvgIpc) is 2.84. The lowest BCUT2D eigenvalue weighted by molar-refractivity contribution is -0.137. The first-order valence-corrected chi connectivity index (χ1v) is 11.3. The number of benzene rings is 3. The molecule has 0 saturated heterocycles. The van der Waals surface area contributed by atoms with E-state index in [1.807, 2.05) is 0 Å². The van der Waals surface area contributed by atoms with Crippen molar-refractivity contribution >= 4 is 57.1 Å². The molecule has 0 unspecified atom stereocenters. The summed E-state index contributed by atoms with van der Waals surface area (Å²) in [4.78, 5) is 16.1. The number of fused-ring (bicyclic) bond motifs is 1. The number of primary amides is 1.